The van der Waals surface area contributed by atoms with Gasteiger partial charge in [0.05, 0.1) is 0 Å². The van der Waals surface area contributed by atoms with Gasteiger partial charge in [-0.25, -0.2) is 0 Å². The zero-order valence-corrected chi connectivity index (χ0v) is 10.2. The van der Waals surface area contributed by atoms with Gasteiger partial charge in [-0.2, -0.15) is 0 Å². The lowest BCUT2D eigenvalue weighted by Crippen LogP contribution is -2.21. The molecule has 1 N–H and O–H groups in total. The highest BCUT2D eigenvalue weighted by molar-refractivity contribution is 5.47. The minimum Gasteiger partial charge on any atom is -0.372 e. The molecule has 15 heavy (non-hydrogen) atoms. The SMILES string of the molecule is CCN(CC)c1ccc(C(C)NC)cc1. The van der Waals surface area contributed by atoms with E-state index in [9.17, 15) is 0 Å². The molecule has 1 aromatic carbocycles. The lowest BCUT2D eigenvalue weighted by atomic mass is 10.1. The summed E-state index contributed by atoms with van der Waals surface area (Å²) in [7, 11) is 1.99. The van der Waals surface area contributed by atoms with Gasteiger partial charge in [0.15, 0.2) is 0 Å². The van der Waals surface area contributed by atoms with Crippen molar-refractivity contribution in [2.75, 3.05) is 25.0 Å². The quantitative estimate of drug-likeness (QED) is 0.797. The average Bonchev–Trinajstić information content (AvgIpc) is 2.30. The molecule has 84 valence electrons. The Morgan fingerprint density at radius 3 is 2.07 bits per heavy atom. The third-order valence-electron chi connectivity index (χ3n) is 2.95. The van der Waals surface area contributed by atoms with Crippen LogP contribution in [0.1, 0.15) is 32.4 Å². The predicted octanol–water partition coefficient (Wildman–Crippen LogP) is 2.81. The summed E-state index contributed by atoms with van der Waals surface area (Å²) in [6.07, 6.45) is 0. The molecule has 1 atom stereocenters. The van der Waals surface area contributed by atoms with E-state index in [1.165, 1.54) is 11.3 Å². The minimum absolute atomic E-state index is 0.427. The van der Waals surface area contributed by atoms with Crippen molar-refractivity contribution in [2.24, 2.45) is 0 Å². The van der Waals surface area contributed by atoms with Gasteiger partial charge in [0.1, 0.15) is 0 Å². The third-order valence-corrected chi connectivity index (χ3v) is 2.95. The summed E-state index contributed by atoms with van der Waals surface area (Å²) in [5.41, 5.74) is 2.65. The maximum Gasteiger partial charge on any atom is 0.0366 e. The van der Waals surface area contributed by atoms with Gasteiger partial charge in [0.2, 0.25) is 0 Å². The van der Waals surface area contributed by atoms with Crippen molar-refractivity contribution in [1.29, 1.82) is 0 Å². The van der Waals surface area contributed by atoms with Gasteiger partial charge in [-0.15, -0.1) is 0 Å². The van der Waals surface area contributed by atoms with E-state index in [0.717, 1.165) is 13.1 Å². The predicted molar refractivity (Wildman–Crippen MR) is 67.5 cm³/mol. The zero-order chi connectivity index (χ0) is 11.3. The van der Waals surface area contributed by atoms with Gasteiger partial charge in [-0.05, 0) is 45.5 Å². The van der Waals surface area contributed by atoms with Gasteiger partial charge in [0, 0.05) is 24.8 Å². The molecule has 0 heterocycles. The summed E-state index contributed by atoms with van der Waals surface area (Å²) < 4.78 is 0. The average molecular weight is 206 g/mol. The third kappa shape index (κ3) is 2.96. The Hall–Kier alpha value is -1.02. The summed E-state index contributed by atoms with van der Waals surface area (Å²) in [6, 6.07) is 9.24. The molecule has 0 aliphatic rings. The maximum atomic E-state index is 3.24. The first-order valence-electron chi connectivity index (χ1n) is 5.75. The molecule has 1 aromatic rings. The maximum absolute atomic E-state index is 3.24. The van der Waals surface area contributed by atoms with Gasteiger partial charge < -0.3 is 10.2 Å². The number of hydrogen-bond donors (Lipinski definition) is 1. The molecule has 0 amide bonds. The van der Waals surface area contributed by atoms with E-state index in [4.69, 9.17) is 0 Å². The van der Waals surface area contributed by atoms with Crippen LogP contribution in [0, 0.1) is 0 Å². The van der Waals surface area contributed by atoms with Crippen molar-refractivity contribution in [3.05, 3.63) is 29.8 Å². The summed E-state index contributed by atoms with van der Waals surface area (Å²) in [4.78, 5) is 2.35. The van der Waals surface area contributed by atoms with E-state index >= 15 is 0 Å². The molecule has 2 heteroatoms. The second kappa shape index (κ2) is 5.76. The Morgan fingerprint density at radius 1 is 1.13 bits per heavy atom. The van der Waals surface area contributed by atoms with E-state index in [1.807, 2.05) is 7.05 Å². The van der Waals surface area contributed by atoms with Crippen molar-refractivity contribution in [1.82, 2.24) is 5.32 Å². The van der Waals surface area contributed by atoms with Gasteiger partial charge >= 0.3 is 0 Å². The van der Waals surface area contributed by atoms with Crippen LogP contribution in [0.25, 0.3) is 0 Å². The molecule has 0 aliphatic heterocycles. The number of rotatable bonds is 5. The topological polar surface area (TPSA) is 15.3 Å². The summed E-state index contributed by atoms with van der Waals surface area (Å²) >= 11 is 0. The largest absolute Gasteiger partial charge is 0.372 e. The van der Waals surface area contributed by atoms with E-state index in [1.54, 1.807) is 0 Å². The fraction of sp³-hybridized carbons (Fsp3) is 0.538. The lowest BCUT2D eigenvalue weighted by Gasteiger charge is -2.21. The van der Waals surface area contributed by atoms with Gasteiger partial charge in [0.25, 0.3) is 0 Å². The number of anilines is 1. The second-order valence-electron chi connectivity index (χ2n) is 3.77. The molecular weight excluding hydrogens is 184 g/mol. The molecule has 0 saturated carbocycles. The van der Waals surface area contributed by atoms with Crippen molar-refractivity contribution in [3.8, 4) is 0 Å². The Bertz CT molecular complexity index is 275. The molecular formula is C13H22N2. The Kier molecular flexibility index (Phi) is 4.63. The monoisotopic (exact) mass is 206 g/mol. The minimum atomic E-state index is 0.427. The molecule has 1 unspecified atom stereocenters. The van der Waals surface area contributed by atoms with Crippen molar-refractivity contribution in [2.45, 2.75) is 26.8 Å². The highest BCUT2D eigenvalue weighted by Crippen LogP contribution is 2.18. The fourth-order valence-electron chi connectivity index (χ4n) is 1.73. The van der Waals surface area contributed by atoms with Crippen LogP contribution < -0.4 is 10.2 Å². The zero-order valence-electron chi connectivity index (χ0n) is 10.2. The first kappa shape index (κ1) is 12.1. The van der Waals surface area contributed by atoms with Crippen LogP contribution in [-0.2, 0) is 0 Å². The van der Waals surface area contributed by atoms with E-state index < -0.39 is 0 Å². The fourth-order valence-corrected chi connectivity index (χ4v) is 1.73. The van der Waals surface area contributed by atoms with Crippen molar-refractivity contribution in [3.63, 3.8) is 0 Å². The van der Waals surface area contributed by atoms with E-state index in [2.05, 4.69) is 55.3 Å². The van der Waals surface area contributed by atoms with Crippen LogP contribution >= 0.6 is 0 Å². The van der Waals surface area contributed by atoms with Crippen molar-refractivity contribution >= 4 is 5.69 Å². The molecule has 0 saturated heterocycles. The number of hydrogen-bond acceptors (Lipinski definition) is 2. The Morgan fingerprint density at radius 2 is 1.67 bits per heavy atom. The molecule has 0 bridgehead atoms. The van der Waals surface area contributed by atoms with Crippen LogP contribution in [-0.4, -0.2) is 20.1 Å². The molecule has 0 aliphatic carbocycles. The highest BCUT2D eigenvalue weighted by atomic mass is 15.1. The summed E-state index contributed by atoms with van der Waals surface area (Å²) in [5, 5.41) is 3.24. The van der Waals surface area contributed by atoms with Crippen LogP contribution in [0.15, 0.2) is 24.3 Å². The van der Waals surface area contributed by atoms with Crippen LogP contribution in [0.3, 0.4) is 0 Å². The number of nitrogens with zero attached hydrogens (tertiary/aromatic N) is 1. The normalized spacial score (nSPS) is 12.5. The highest BCUT2D eigenvalue weighted by Gasteiger charge is 2.04. The molecule has 0 spiro atoms. The van der Waals surface area contributed by atoms with E-state index in [-0.39, 0.29) is 0 Å². The molecule has 1 rings (SSSR count). The standard InChI is InChI=1S/C13H22N2/c1-5-15(6-2)13-9-7-12(8-10-13)11(3)14-4/h7-11,14H,5-6H2,1-4H3. The first-order chi connectivity index (χ1) is 7.22. The van der Waals surface area contributed by atoms with Crippen LogP contribution in [0.2, 0.25) is 0 Å². The lowest BCUT2D eigenvalue weighted by molar-refractivity contribution is 0.652. The van der Waals surface area contributed by atoms with Gasteiger partial charge in [-0.3, -0.25) is 0 Å². The van der Waals surface area contributed by atoms with E-state index in [0.29, 0.717) is 6.04 Å². The smallest absolute Gasteiger partial charge is 0.0366 e. The summed E-state index contributed by atoms with van der Waals surface area (Å²) in [5.74, 6) is 0. The van der Waals surface area contributed by atoms with Crippen LogP contribution in [0.4, 0.5) is 5.69 Å². The van der Waals surface area contributed by atoms with Crippen LogP contribution in [0.5, 0.6) is 0 Å². The molecule has 0 aromatic heterocycles. The molecule has 2 nitrogen and oxygen atoms in total. The van der Waals surface area contributed by atoms with Crippen molar-refractivity contribution < 1.29 is 0 Å². The summed E-state index contributed by atoms with van der Waals surface area (Å²) in [6.45, 7) is 8.68. The molecule has 0 radical (unpaired) electrons. The van der Waals surface area contributed by atoms with Gasteiger partial charge in [-0.1, -0.05) is 12.1 Å². The Balaban J connectivity index is 2.79. The molecule has 0 fully saturated rings. The number of nitrogens with one attached hydrogen (secondary N) is 1. The number of benzene rings is 1. The second-order valence-corrected chi connectivity index (χ2v) is 3.77. The Labute approximate surface area is 93.3 Å². The first-order valence-corrected chi connectivity index (χ1v) is 5.75.